The van der Waals surface area contributed by atoms with Crippen molar-refractivity contribution in [1.82, 2.24) is 9.80 Å². The lowest BCUT2D eigenvalue weighted by atomic mass is 9.90. The number of amides is 1. The Hall–Kier alpha value is -2.75. The van der Waals surface area contributed by atoms with Crippen molar-refractivity contribution in [3.05, 3.63) is 59.7 Å². The van der Waals surface area contributed by atoms with Crippen molar-refractivity contribution in [3.8, 4) is 5.75 Å². The molecule has 2 aliphatic rings. The van der Waals surface area contributed by atoms with E-state index in [1.165, 1.54) is 31.2 Å². The summed E-state index contributed by atoms with van der Waals surface area (Å²) < 4.78 is 32.7. The molecule has 1 amide bonds. The van der Waals surface area contributed by atoms with E-state index in [1.807, 2.05) is 4.90 Å². The molecule has 2 saturated heterocycles. The van der Waals surface area contributed by atoms with Gasteiger partial charge in [-0.2, -0.15) is 0 Å². The van der Waals surface area contributed by atoms with Crippen molar-refractivity contribution in [2.75, 3.05) is 57.3 Å². The molecule has 0 spiro atoms. The average Bonchev–Trinajstić information content (AvgIpc) is 3.00. The molecule has 4 rings (SSSR count). The van der Waals surface area contributed by atoms with Gasteiger partial charge in [-0.05, 0) is 67.8 Å². The van der Waals surface area contributed by atoms with Crippen molar-refractivity contribution in [3.63, 3.8) is 0 Å². The van der Waals surface area contributed by atoms with Crippen LogP contribution in [0.2, 0.25) is 0 Å². The zero-order chi connectivity index (χ0) is 25.9. The third-order valence-electron chi connectivity index (χ3n) is 7.18. The Bertz CT molecular complexity index is 1060. The summed E-state index contributed by atoms with van der Waals surface area (Å²) in [4.78, 5) is 17.9. The molecular weight excluding hydrogens is 468 g/mol. The molecule has 2 aliphatic heterocycles. The van der Waals surface area contributed by atoms with Crippen molar-refractivity contribution >= 4 is 11.6 Å². The van der Waals surface area contributed by atoms with Crippen LogP contribution in [0.3, 0.4) is 0 Å². The normalized spacial score (nSPS) is 22.8. The topological polar surface area (TPSA) is 76.5 Å². The number of rotatable bonds is 6. The van der Waals surface area contributed by atoms with Crippen LogP contribution >= 0.6 is 0 Å². The van der Waals surface area contributed by atoms with Crippen LogP contribution in [0.4, 0.5) is 14.5 Å². The highest BCUT2D eigenvalue weighted by Crippen LogP contribution is 2.29. The number of hydrogen-bond acceptors (Lipinski definition) is 6. The Morgan fingerprint density at radius 2 is 1.67 bits per heavy atom. The van der Waals surface area contributed by atoms with Crippen molar-refractivity contribution in [1.29, 1.82) is 0 Å². The van der Waals surface area contributed by atoms with Gasteiger partial charge in [0, 0.05) is 51.9 Å². The van der Waals surface area contributed by atoms with E-state index in [0.717, 1.165) is 5.69 Å². The SMILES string of the molecule is CC(=O)N1CCN(CC2(O)CCN(c3ccc(F)cc3)CC2)CC(O)(COc2ccc(F)c(C)c2)C1. The summed E-state index contributed by atoms with van der Waals surface area (Å²) in [6, 6.07) is 10.8. The maximum atomic E-state index is 13.6. The fourth-order valence-electron chi connectivity index (χ4n) is 5.07. The van der Waals surface area contributed by atoms with Gasteiger partial charge in [-0.15, -0.1) is 0 Å². The van der Waals surface area contributed by atoms with E-state index in [-0.39, 0.29) is 37.2 Å². The summed E-state index contributed by atoms with van der Waals surface area (Å²) in [5.41, 5.74) is -0.942. The molecule has 0 radical (unpaired) electrons. The molecule has 1 unspecified atom stereocenters. The summed E-state index contributed by atoms with van der Waals surface area (Å²) in [6.45, 7) is 5.94. The number of hydrogen-bond donors (Lipinski definition) is 2. The number of anilines is 1. The average molecular weight is 504 g/mol. The molecule has 9 heteroatoms. The third-order valence-corrected chi connectivity index (χ3v) is 7.18. The van der Waals surface area contributed by atoms with Gasteiger partial charge in [-0.25, -0.2) is 8.78 Å². The second-order valence-electron chi connectivity index (χ2n) is 10.3. The molecule has 1 atom stereocenters. The second-order valence-corrected chi connectivity index (χ2v) is 10.3. The molecule has 0 aromatic heterocycles. The minimum atomic E-state index is -1.37. The minimum Gasteiger partial charge on any atom is -0.490 e. The van der Waals surface area contributed by atoms with Gasteiger partial charge in [0.1, 0.15) is 29.6 Å². The lowest BCUT2D eigenvalue weighted by molar-refractivity contribution is -0.132. The predicted molar refractivity (Wildman–Crippen MR) is 133 cm³/mol. The Kier molecular flexibility index (Phi) is 7.82. The highest BCUT2D eigenvalue weighted by Gasteiger charge is 2.41. The monoisotopic (exact) mass is 503 g/mol. The molecule has 36 heavy (non-hydrogen) atoms. The summed E-state index contributed by atoms with van der Waals surface area (Å²) in [7, 11) is 0. The molecule has 2 aromatic rings. The number of halogens is 2. The van der Waals surface area contributed by atoms with Crippen molar-refractivity contribution in [2.24, 2.45) is 0 Å². The lowest BCUT2D eigenvalue weighted by Crippen LogP contribution is -2.55. The fraction of sp³-hybridized carbons (Fsp3) is 0.519. The van der Waals surface area contributed by atoms with Gasteiger partial charge in [-0.1, -0.05) is 0 Å². The minimum absolute atomic E-state index is 0.0743. The number of β-amino-alcohol motifs (C(OH)–C–C–N with tert-alkyl or cyclic N) is 2. The number of benzene rings is 2. The Labute approximate surface area is 210 Å². The summed E-state index contributed by atoms with van der Waals surface area (Å²) in [5, 5.41) is 22.9. The van der Waals surface area contributed by atoms with Crippen LogP contribution < -0.4 is 9.64 Å². The van der Waals surface area contributed by atoms with E-state index in [4.69, 9.17) is 4.74 Å². The molecule has 0 bridgehead atoms. The first-order valence-electron chi connectivity index (χ1n) is 12.4. The van der Waals surface area contributed by atoms with E-state index in [9.17, 15) is 23.8 Å². The molecule has 196 valence electrons. The standard InChI is InChI=1S/C27H35F2N3O4/c1-20-15-24(7-8-25(20)29)36-19-27(35)17-30(13-14-32(18-27)21(2)33)16-26(34)9-11-31(12-10-26)23-5-3-22(28)4-6-23/h3-8,15,34-35H,9-14,16-19H2,1-2H3. The van der Waals surface area contributed by atoms with Gasteiger partial charge in [0.25, 0.3) is 0 Å². The lowest BCUT2D eigenvalue weighted by Gasteiger charge is -2.42. The summed E-state index contributed by atoms with van der Waals surface area (Å²) in [5.74, 6) is -0.305. The molecule has 2 N–H and O–H groups in total. The maximum absolute atomic E-state index is 13.6. The van der Waals surface area contributed by atoms with Crippen LogP contribution in [0.5, 0.6) is 5.75 Å². The Morgan fingerprint density at radius 1 is 0.972 bits per heavy atom. The molecular formula is C27H35F2N3O4. The highest BCUT2D eigenvalue weighted by atomic mass is 19.1. The van der Waals surface area contributed by atoms with Crippen LogP contribution in [0.25, 0.3) is 0 Å². The van der Waals surface area contributed by atoms with Gasteiger partial charge in [0.05, 0.1) is 12.1 Å². The maximum Gasteiger partial charge on any atom is 0.219 e. The van der Waals surface area contributed by atoms with E-state index >= 15 is 0 Å². The molecule has 0 aliphatic carbocycles. The first kappa shape index (κ1) is 26.3. The van der Waals surface area contributed by atoms with Gasteiger partial charge in [0.15, 0.2) is 0 Å². The molecule has 7 nitrogen and oxygen atoms in total. The number of carbonyl (C=O) groups excluding carboxylic acids is 1. The van der Waals surface area contributed by atoms with Crippen LogP contribution in [0, 0.1) is 18.6 Å². The number of carbonyl (C=O) groups is 1. The van der Waals surface area contributed by atoms with E-state index in [1.54, 1.807) is 30.0 Å². The Balaban J connectivity index is 1.41. The highest BCUT2D eigenvalue weighted by molar-refractivity contribution is 5.73. The zero-order valence-electron chi connectivity index (χ0n) is 20.9. The Morgan fingerprint density at radius 3 is 2.31 bits per heavy atom. The molecule has 2 aromatic carbocycles. The van der Waals surface area contributed by atoms with E-state index in [0.29, 0.717) is 56.9 Å². The van der Waals surface area contributed by atoms with Crippen LogP contribution in [-0.2, 0) is 4.79 Å². The largest absolute Gasteiger partial charge is 0.490 e. The molecule has 2 heterocycles. The number of piperidine rings is 1. The fourth-order valence-corrected chi connectivity index (χ4v) is 5.07. The van der Waals surface area contributed by atoms with Crippen molar-refractivity contribution < 1.29 is 28.5 Å². The first-order chi connectivity index (χ1) is 17.0. The van der Waals surface area contributed by atoms with E-state index in [2.05, 4.69) is 4.90 Å². The van der Waals surface area contributed by atoms with Crippen LogP contribution in [-0.4, -0.2) is 89.5 Å². The number of aryl methyl sites for hydroxylation is 1. The number of nitrogens with zero attached hydrogens (tertiary/aromatic N) is 3. The number of aliphatic hydroxyl groups is 2. The predicted octanol–water partition coefficient (Wildman–Crippen LogP) is 2.58. The first-order valence-corrected chi connectivity index (χ1v) is 12.4. The number of ether oxygens (including phenoxy) is 1. The van der Waals surface area contributed by atoms with Gasteiger partial charge >= 0.3 is 0 Å². The summed E-state index contributed by atoms with van der Waals surface area (Å²) >= 11 is 0. The quantitative estimate of drug-likeness (QED) is 0.631. The summed E-state index contributed by atoms with van der Waals surface area (Å²) in [6.07, 6.45) is 1.06. The van der Waals surface area contributed by atoms with Gasteiger partial charge < -0.3 is 24.7 Å². The van der Waals surface area contributed by atoms with Crippen LogP contribution in [0.15, 0.2) is 42.5 Å². The van der Waals surface area contributed by atoms with Crippen LogP contribution in [0.1, 0.15) is 25.3 Å². The zero-order valence-corrected chi connectivity index (χ0v) is 20.9. The third kappa shape index (κ3) is 6.52. The molecule has 2 fully saturated rings. The van der Waals surface area contributed by atoms with Gasteiger partial charge in [0.2, 0.25) is 5.91 Å². The smallest absolute Gasteiger partial charge is 0.219 e. The van der Waals surface area contributed by atoms with Gasteiger partial charge in [-0.3, -0.25) is 9.69 Å². The van der Waals surface area contributed by atoms with Crippen molar-refractivity contribution in [2.45, 2.75) is 37.9 Å². The second kappa shape index (κ2) is 10.7. The van der Waals surface area contributed by atoms with E-state index < -0.39 is 11.2 Å². The molecule has 0 saturated carbocycles.